The first kappa shape index (κ1) is 24.1. The number of carboxylic acids is 1. The normalized spacial score (nSPS) is 10.9. The molecule has 2 aromatic rings. The minimum Gasteiger partial charge on any atom is -0.481 e. The summed E-state index contributed by atoms with van der Waals surface area (Å²) in [5.41, 5.74) is 6.53. The van der Waals surface area contributed by atoms with Crippen molar-refractivity contribution >= 4 is 34.4 Å². The SMILES string of the molecule is CCCNC(=O)Nc1cccc(S(=O)Nc2cccc(CCC(=O)O)c2)c1.CN. The zero-order chi connectivity index (χ0) is 21.6. The number of hydrogen-bond acceptors (Lipinski definition) is 4. The van der Waals surface area contributed by atoms with Gasteiger partial charge < -0.3 is 26.2 Å². The largest absolute Gasteiger partial charge is 0.481 e. The third kappa shape index (κ3) is 9.22. The number of aryl methyl sites for hydroxylation is 1. The maximum atomic E-state index is 12.6. The molecule has 0 aliphatic heterocycles. The fraction of sp³-hybridized carbons (Fsp3) is 0.300. The Kier molecular flexibility index (Phi) is 11.1. The van der Waals surface area contributed by atoms with Crippen LogP contribution in [0.1, 0.15) is 25.3 Å². The van der Waals surface area contributed by atoms with E-state index in [4.69, 9.17) is 5.11 Å². The van der Waals surface area contributed by atoms with Crippen LogP contribution in [0.4, 0.5) is 16.2 Å². The molecule has 158 valence electrons. The molecule has 0 bridgehead atoms. The van der Waals surface area contributed by atoms with Gasteiger partial charge in [0.05, 0.1) is 4.90 Å². The molecule has 0 saturated heterocycles. The van der Waals surface area contributed by atoms with Gasteiger partial charge in [0, 0.05) is 24.3 Å². The molecule has 0 radical (unpaired) electrons. The standard InChI is InChI=1S/C19H23N3O4S.CH5N/c1-2-11-20-19(25)21-15-6-4-8-17(13-15)27(26)22-16-7-3-5-14(12-16)9-10-18(23)24;1-2/h3-8,12-13,22H,2,9-11H2,1H3,(H,23,24)(H2,20,21,25);2H2,1H3. The Hall–Kier alpha value is -2.91. The number of carbonyl (C=O) groups excluding carboxylic acids is 1. The van der Waals surface area contributed by atoms with Crippen LogP contribution in [0.5, 0.6) is 0 Å². The van der Waals surface area contributed by atoms with Gasteiger partial charge in [0.1, 0.15) is 11.0 Å². The molecule has 6 N–H and O–H groups in total. The average molecular weight is 421 g/mol. The Bertz CT molecular complexity index is 830. The molecular formula is C20H28N4O4S. The molecule has 0 fully saturated rings. The van der Waals surface area contributed by atoms with Crippen molar-refractivity contribution in [3.63, 3.8) is 0 Å². The van der Waals surface area contributed by atoms with Gasteiger partial charge in [-0.2, -0.15) is 0 Å². The summed E-state index contributed by atoms with van der Waals surface area (Å²) in [5.74, 6) is -0.857. The quantitative estimate of drug-likeness (QED) is 0.425. The highest BCUT2D eigenvalue weighted by atomic mass is 32.2. The number of amides is 2. The molecule has 8 nitrogen and oxygen atoms in total. The third-order valence-electron chi connectivity index (χ3n) is 3.61. The molecule has 2 rings (SSSR count). The summed E-state index contributed by atoms with van der Waals surface area (Å²) in [4.78, 5) is 22.9. The number of carbonyl (C=O) groups is 2. The molecule has 29 heavy (non-hydrogen) atoms. The predicted octanol–water partition coefficient (Wildman–Crippen LogP) is 2.94. The van der Waals surface area contributed by atoms with Crippen LogP contribution in [-0.4, -0.2) is 34.9 Å². The summed E-state index contributed by atoms with van der Waals surface area (Å²) in [6.07, 6.45) is 1.29. The van der Waals surface area contributed by atoms with Crippen molar-refractivity contribution in [3.8, 4) is 0 Å². The molecule has 0 aliphatic rings. The van der Waals surface area contributed by atoms with E-state index in [1.165, 1.54) is 7.05 Å². The van der Waals surface area contributed by atoms with E-state index < -0.39 is 17.0 Å². The number of hydrogen-bond donors (Lipinski definition) is 5. The zero-order valence-corrected chi connectivity index (χ0v) is 17.4. The lowest BCUT2D eigenvalue weighted by Gasteiger charge is -2.10. The highest BCUT2D eigenvalue weighted by Gasteiger charge is 2.08. The van der Waals surface area contributed by atoms with Crippen molar-refractivity contribution in [1.29, 1.82) is 0 Å². The number of urea groups is 1. The number of benzene rings is 2. The van der Waals surface area contributed by atoms with E-state index in [2.05, 4.69) is 21.1 Å². The minimum absolute atomic E-state index is 0.0420. The summed E-state index contributed by atoms with van der Waals surface area (Å²) >= 11 is 0. The Morgan fingerprint density at radius 3 is 2.45 bits per heavy atom. The van der Waals surface area contributed by atoms with Crippen LogP contribution in [0.3, 0.4) is 0 Å². The van der Waals surface area contributed by atoms with Crippen LogP contribution in [-0.2, 0) is 22.2 Å². The summed E-state index contributed by atoms with van der Waals surface area (Å²) in [5, 5.41) is 14.2. The fourth-order valence-corrected chi connectivity index (χ4v) is 3.21. The lowest BCUT2D eigenvalue weighted by Crippen LogP contribution is -2.29. The second kappa shape index (κ2) is 13.3. The number of nitrogens with one attached hydrogen (secondary N) is 3. The van der Waals surface area contributed by atoms with Crippen LogP contribution in [0, 0.1) is 0 Å². The maximum absolute atomic E-state index is 12.6. The summed E-state index contributed by atoms with van der Waals surface area (Å²) in [6.45, 7) is 2.55. The number of rotatable bonds is 9. The number of anilines is 2. The van der Waals surface area contributed by atoms with Crippen LogP contribution < -0.4 is 21.1 Å². The van der Waals surface area contributed by atoms with E-state index in [1.807, 2.05) is 13.0 Å². The van der Waals surface area contributed by atoms with E-state index in [0.29, 0.717) is 29.2 Å². The van der Waals surface area contributed by atoms with Gasteiger partial charge in [-0.25, -0.2) is 9.00 Å². The van der Waals surface area contributed by atoms with Gasteiger partial charge in [0.25, 0.3) is 0 Å². The maximum Gasteiger partial charge on any atom is 0.319 e. The van der Waals surface area contributed by atoms with E-state index in [1.54, 1.807) is 42.5 Å². The van der Waals surface area contributed by atoms with Crippen LogP contribution in [0.15, 0.2) is 53.4 Å². The molecular weight excluding hydrogens is 392 g/mol. The van der Waals surface area contributed by atoms with Crippen LogP contribution in [0.2, 0.25) is 0 Å². The van der Waals surface area contributed by atoms with Gasteiger partial charge >= 0.3 is 12.0 Å². The first-order chi connectivity index (χ1) is 14.0. The molecule has 1 unspecified atom stereocenters. The van der Waals surface area contributed by atoms with Crippen molar-refractivity contribution in [3.05, 3.63) is 54.1 Å². The Balaban J connectivity index is 0.00000204. The minimum atomic E-state index is -1.52. The van der Waals surface area contributed by atoms with Gasteiger partial charge in [-0.05, 0) is 55.8 Å². The van der Waals surface area contributed by atoms with Gasteiger partial charge in [0.2, 0.25) is 0 Å². The van der Waals surface area contributed by atoms with Gasteiger partial charge in [0.15, 0.2) is 0 Å². The second-order valence-electron chi connectivity index (χ2n) is 5.87. The Morgan fingerprint density at radius 1 is 1.07 bits per heavy atom. The van der Waals surface area contributed by atoms with Crippen molar-refractivity contribution in [1.82, 2.24) is 5.32 Å². The third-order valence-corrected chi connectivity index (χ3v) is 4.71. The first-order valence-electron chi connectivity index (χ1n) is 9.19. The zero-order valence-electron chi connectivity index (χ0n) is 16.6. The van der Waals surface area contributed by atoms with Crippen LogP contribution >= 0.6 is 0 Å². The summed E-state index contributed by atoms with van der Waals surface area (Å²) in [6, 6.07) is 13.6. The number of aliphatic carboxylic acids is 1. The lowest BCUT2D eigenvalue weighted by atomic mass is 10.1. The highest BCUT2D eigenvalue weighted by molar-refractivity contribution is 7.86. The number of nitrogens with two attached hydrogens (primary N) is 1. The molecule has 2 aromatic carbocycles. The van der Waals surface area contributed by atoms with Crippen LogP contribution in [0.25, 0.3) is 0 Å². The van der Waals surface area contributed by atoms with E-state index in [0.717, 1.165) is 12.0 Å². The predicted molar refractivity (Wildman–Crippen MR) is 116 cm³/mol. The van der Waals surface area contributed by atoms with Crippen molar-refractivity contribution < 1.29 is 18.9 Å². The summed E-state index contributed by atoms with van der Waals surface area (Å²) < 4.78 is 15.5. The van der Waals surface area contributed by atoms with Gasteiger partial charge in [-0.15, -0.1) is 0 Å². The molecule has 2 amide bonds. The molecule has 0 spiro atoms. The molecule has 0 aliphatic carbocycles. The molecule has 0 saturated carbocycles. The topological polar surface area (TPSA) is 134 Å². The van der Waals surface area contributed by atoms with Gasteiger partial charge in [-0.1, -0.05) is 25.1 Å². The molecule has 0 aromatic heterocycles. The lowest BCUT2D eigenvalue weighted by molar-refractivity contribution is -0.136. The van der Waals surface area contributed by atoms with Crippen molar-refractivity contribution in [2.75, 3.05) is 23.6 Å². The monoisotopic (exact) mass is 420 g/mol. The smallest absolute Gasteiger partial charge is 0.319 e. The number of carboxylic acid groups (broad SMARTS) is 1. The highest BCUT2D eigenvalue weighted by Crippen LogP contribution is 2.18. The van der Waals surface area contributed by atoms with E-state index >= 15 is 0 Å². The second-order valence-corrected chi connectivity index (χ2v) is 7.09. The van der Waals surface area contributed by atoms with Crippen molar-refractivity contribution in [2.45, 2.75) is 31.1 Å². The molecule has 0 heterocycles. The van der Waals surface area contributed by atoms with E-state index in [-0.39, 0.29) is 12.5 Å². The molecule has 1 atom stereocenters. The van der Waals surface area contributed by atoms with Gasteiger partial charge in [-0.3, -0.25) is 4.79 Å². The van der Waals surface area contributed by atoms with E-state index in [9.17, 15) is 13.8 Å². The Morgan fingerprint density at radius 2 is 1.76 bits per heavy atom. The average Bonchev–Trinajstić information content (AvgIpc) is 2.72. The fourth-order valence-electron chi connectivity index (χ4n) is 2.31. The molecule has 9 heteroatoms. The Labute approximate surface area is 173 Å². The first-order valence-corrected chi connectivity index (χ1v) is 10.3. The van der Waals surface area contributed by atoms with Crippen molar-refractivity contribution in [2.24, 2.45) is 5.73 Å². The summed E-state index contributed by atoms with van der Waals surface area (Å²) in [7, 11) is -0.0239.